The molecule has 45 heavy (non-hydrogen) atoms. The van der Waals surface area contributed by atoms with Crippen molar-refractivity contribution in [3.63, 3.8) is 0 Å². The molecule has 8 heteroatoms. The van der Waals surface area contributed by atoms with Gasteiger partial charge in [0.05, 0.1) is 0 Å². The Morgan fingerprint density at radius 2 is 1.69 bits per heavy atom. The summed E-state index contributed by atoms with van der Waals surface area (Å²) in [4.78, 5) is 44.2. The van der Waals surface area contributed by atoms with Gasteiger partial charge in [0.2, 0.25) is 5.91 Å². The van der Waals surface area contributed by atoms with Crippen molar-refractivity contribution < 1.29 is 14.3 Å². The molecule has 0 spiro atoms. The van der Waals surface area contributed by atoms with Gasteiger partial charge < -0.3 is 25.3 Å². The summed E-state index contributed by atoms with van der Waals surface area (Å²) in [6.45, 7) is 16.2. The van der Waals surface area contributed by atoms with Gasteiger partial charge in [0.25, 0.3) is 11.5 Å². The lowest BCUT2D eigenvalue weighted by molar-refractivity contribution is -0.128. The number of pyridine rings is 1. The number of hydrogen-bond donors (Lipinski definition) is 3. The number of carbonyl (C=O) groups excluding carboxylic acids is 2. The largest absolute Gasteiger partial charge is 0.381 e. The number of hydrogen-bond acceptors (Lipinski definition) is 5. The normalized spacial score (nSPS) is 18.4. The maximum absolute atomic E-state index is 13.8. The number of rotatable bonds is 9. The number of aromatic nitrogens is 1. The predicted octanol–water partition coefficient (Wildman–Crippen LogP) is 5.92. The maximum atomic E-state index is 13.8. The lowest BCUT2D eigenvalue weighted by Gasteiger charge is -2.37. The monoisotopic (exact) mass is 612 g/mol. The van der Waals surface area contributed by atoms with Crippen LogP contribution in [0.5, 0.6) is 0 Å². The lowest BCUT2D eigenvalue weighted by Crippen LogP contribution is -2.40. The average Bonchev–Trinajstić information content (AvgIpc) is 3.77. The molecule has 2 aromatic carbocycles. The number of benzene rings is 2. The molecule has 1 aliphatic heterocycles. The van der Waals surface area contributed by atoms with Gasteiger partial charge in [-0.3, -0.25) is 14.4 Å². The summed E-state index contributed by atoms with van der Waals surface area (Å²) >= 11 is 0. The molecule has 1 saturated heterocycles. The van der Waals surface area contributed by atoms with E-state index in [0.29, 0.717) is 23.1 Å². The molecule has 1 aliphatic carbocycles. The SMILES string of the molecule is CCN(c1cc(-c2ccc([C@@H]3C[C@H]3NC(=O)C(C)(C)C)cc2)cc(C(=O)NCc2c(C)cc(C)[nH]c2=O)c1C)C1CCOCC1. The Hall–Kier alpha value is -3.91. The van der Waals surface area contributed by atoms with Crippen LogP contribution >= 0.6 is 0 Å². The first-order valence-corrected chi connectivity index (χ1v) is 16.2. The highest BCUT2D eigenvalue weighted by Crippen LogP contribution is 2.42. The number of anilines is 1. The van der Waals surface area contributed by atoms with Crippen LogP contribution < -0.4 is 21.1 Å². The fraction of sp³-hybridized carbons (Fsp3) is 0.486. The maximum Gasteiger partial charge on any atom is 0.253 e. The second kappa shape index (κ2) is 13.2. The van der Waals surface area contributed by atoms with E-state index in [1.807, 2.05) is 53.7 Å². The highest BCUT2D eigenvalue weighted by molar-refractivity contribution is 5.99. The van der Waals surface area contributed by atoms with Gasteiger partial charge in [0.15, 0.2) is 0 Å². The fourth-order valence-electron chi connectivity index (χ4n) is 6.42. The van der Waals surface area contributed by atoms with Crippen LogP contribution in [0.3, 0.4) is 0 Å². The molecule has 3 N–H and O–H groups in total. The molecule has 2 fully saturated rings. The van der Waals surface area contributed by atoms with Crippen LogP contribution in [-0.2, 0) is 16.1 Å². The van der Waals surface area contributed by atoms with E-state index < -0.39 is 5.41 Å². The Labute approximate surface area is 267 Å². The van der Waals surface area contributed by atoms with Gasteiger partial charge in [-0.15, -0.1) is 0 Å². The molecule has 0 unspecified atom stereocenters. The average molecular weight is 613 g/mol. The molecular formula is C37H48N4O4. The first kappa shape index (κ1) is 32.5. The number of H-pyrrole nitrogens is 1. The summed E-state index contributed by atoms with van der Waals surface area (Å²) in [7, 11) is 0. The molecule has 1 saturated carbocycles. The number of amides is 2. The van der Waals surface area contributed by atoms with Gasteiger partial charge in [-0.25, -0.2) is 0 Å². The number of aromatic amines is 1. The van der Waals surface area contributed by atoms with E-state index in [1.165, 1.54) is 5.56 Å². The Kier molecular flexibility index (Phi) is 9.54. The molecule has 2 atom stereocenters. The summed E-state index contributed by atoms with van der Waals surface area (Å²) < 4.78 is 5.65. The Bertz CT molecular complexity index is 1610. The summed E-state index contributed by atoms with van der Waals surface area (Å²) in [6.07, 6.45) is 2.83. The van der Waals surface area contributed by atoms with Crippen molar-refractivity contribution in [3.05, 3.63) is 86.3 Å². The van der Waals surface area contributed by atoms with Crippen molar-refractivity contribution in [3.8, 4) is 11.1 Å². The van der Waals surface area contributed by atoms with Crippen LogP contribution in [0.4, 0.5) is 5.69 Å². The van der Waals surface area contributed by atoms with Gasteiger partial charge in [-0.05, 0) is 93.0 Å². The first-order chi connectivity index (χ1) is 21.4. The fourth-order valence-corrected chi connectivity index (χ4v) is 6.42. The zero-order valence-corrected chi connectivity index (χ0v) is 27.8. The first-order valence-electron chi connectivity index (χ1n) is 16.2. The van der Waals surface area contributed by atoms with Crippen molar-refractivity contribution in [1.82, 2.24) is 15.6 Å². The minimum absolute atomic E-state index is 0.0803. The third-order valence-electron chi connectivity index (χ3n) is 9.29. The van der Waals surface area contributed by atoms with E-state index in [4.69, 9.17) is 4.74 Å². The molecule has 2 aliphatic rings. The topological polar surface area (TPSA) is 104 Å². The van der Waals surface area contributed by atoms with E-state index >= 15 is 0 Å². The second-order valence-corrected chi connectivity index (χ2v) is 13.7. The highest BCUT2D eigenvalue weighted by atomic mass is 16.5. The van der Waals surface area contributed by atoms with Gasteiger partial charge in [-0.1, -0.05) is 45.0 Å². The van der Waals surface area contributed by atoms with Gasteiger partial charge in [0.1, 0.15) is 0 Å². The van der Waals surface area contributed by atoms with Crippen molar-refractivity contribution >= 4 is 17.5 Å². The number of carbonyl (C=O) groups is 2. The molecular weight excluding hydrogens is 564 g/mol. The van der Waals surface area contributed by atoms with E-state index in [9.17, 15) is 14.4 Å². The molecule has 5 rings (SSSR count). The summed E-state index contributed by atoms with van der Waals surface area (Å²) in [5, 5.41) is 6.22. The molecule has 2 amide bonds. The van der Waals surface area contributed by atoms with Crippen LogP contribution in [0.25, 0.3) is 11.1 Å². The number of nitrogens with zero attached hydrogens (tertiary/aromatic N) is 1. The minimum atomic E-state index is -0.407. The van der Waals surface area contributed by atoms with E-state index in [1.54, 1.807) is 0 Å². The highest BCUT2D eigenvalue weighted by Gasteiger charge is 2.41. The molecule has 0 radical (unpaired) electrons. The molecule has 3 aromatic rings. The zero-order valence-electron chi connectivity index (χ0n) is 27.8. The predicted molar refractivity (Wildman–Crippen MR) is 180 cm³/mol. The number of ether oxygens (including phenoxy) is 1. The van der Waals surface area contributed by atoms with Gasteiger partial charge in [0, 0.05) is 72.2 Å². The second-order valence-electron chi connectivity index (χ2n) is 13.7. The number of aryl methyl sites for hydroxylation is 2. The molecule has 2 heterocycles. The van der Waals surface area contributed by atoms with E-state index in [2.05, 4.69) is 57.8 Å². The Morgan fingerprint density at radius 1 is 1.00 bits per heavy atom. The summed E-state index contributed by atoms with van der Waals surface area (Å²) in [5.41, 5.74) is 7.41. The smallest absolute Gasteiger partial charge is 0.253 e. The van der Waals surface area contributed by atoms with Crippen LogP contribution in [0.1, 0.15) is 91.2 Å². The van der Waals surface area contributed by atoms with E-state index in [0.717, 1.165) is 72.7 Å². The Balaban J connectivity index is 1.44. The van der Waals surface area contributed by atoms with Crippen LogP contribution in [0.15, 0.2) is 47.3 Å². The third kappa shape index (κ3) is 7.33. The van der Waals surface area contributed by atoms with Crippen LogP contribution in [0.2, 0.25) is 0 Å². The molecule has 8 nitrogen and oxygen atoms in total. The molecule has 0 bridgehead atoms. The quantitative estimate of drug-likeness (QED) is 0.278. The van der Waals surface area contributed by atoms with Crippen molar-refractivity contribution in [2.75, 3.05) is 24.7 Å². The molecule has 1 aromatic heterocycles. The molecule has 240 valence electrons. The van der Waals surface area contributed by atoms with E-state index in [-0.39, 0.29) is 30.0 Å². The summed E-state index contributed by atoms with van der Waals surface area (Å²) in [6, 6.07) is 15.1. The van der Waals surface area contributed by atoms with Crippen LogP contribution in [-0.4, -0.2) is 48.6 Å². The Morgan fingerprint density at radius 3 is 2.31 bits per heavy atom. The van der Waals surface area contributed by atoms with Gasteiger partial charge in [-0.2, -0.15) is 0 Å². The standard InChI is InChI=1S/C37H48N4O4/c1-8-41(28-13-15-45-16-14-28)33-19-27(25-9-11-26(12-10-25)30-20-32(30)40-36(44)37(5,6)7)18-29(24(33)4)34(42)38-21-31-22(2)17-23(3)39-35(31)43/h9-12,17-19,28,30,32H,8,13-16,20-21H2,1-7H3,(H,38,42)(H,39,43)(H,40,44)/t30-,32+/m0/s1. The van der Waals surface area contributed by atoms with Crippen LogP contribution in [0, 0.1) is 26.2 Å². The zero-order chi connectivity index (χ0) is 32.5. The minimum Gasteiger partial charge on any atom is -0.381 e. The number of nitrogens with one attached hydrogen (secondary N) is 3. The van der Waals surface area contributed by atoms with Crippen molar-refractivity contribution in [2.45, 2.75) is 92.3 Å². The van der Waals surface area contributed by atoms with Gasteiger partial charge >= 0.3 is 0 Å². The third-order valence-corrected chi connectivity index (χ3v) is 9.29. The lowest BCUT2D eigenvalue weighted by atomic mass is 9.94. The summed E-state index contributed by atoms with van der Waals surface area (Å²) in [5.74, 6) is 0.194. The van der Waals surface area contributed by atoms with Crippen molar-refractivity contribution in [1.29, 1.82) is 0 Å². The van der Waals surface area contributed by atoms with Crippen molar-refractivity contribution in [2.24, 2.45) is 5.41 Å².